The number of urea groups is 2. The minimum Gasteiger partial charge on any atom is -0.378 e. The van der Waals surface area contributed by atoms with Gasteiger partial charge in [0.2, 0.25) is 11.9 Å². The number of anilines is 6. The van der Waals surface area contributed by atoms with Gasteiger partial charge < -0.3 is 39.7 Å². The normalized spacial score (nSPS) is 15.1. The van der Waals surface area contributed by atoms with Crippen LogP contribution in [0, 0.1) is 0 Å². The minimum absolute atomic E-state index is 0.0187. The number of nitrogens with zero attached hydrogens (tertiary/aromatic N) is 14. The molecule has 0 spiro atoms. The van der Waals surface area contributed by atoms with Crippen molar-refractivity contribution in [1.82, 2.24) is 49.7 Å². The average Bonchev–Trinajstić information content (AvgIpc) is 3.47. The molecule has 0 atom stereocenters. The molecule has 10 rings (SSSR count). The highest BCUT2D eigenvalue weighted by molar-refractivity contribution is 6.13. The molecule has 3 saturated heterocycles. The van der Waals surface area contributed by atoms with Crippen molar-refractivity contribution in [2.45, 2.75) is 39.5 Å². The van der Waals surface area contributed by atoms with Crippen molar-refractivity contribution in [3.05, 3.63) is 133 Å². The van der Waals surface area contributed by atoms with E-state index < -0.39 is 12.1 Å². The largest absolute Gasteiger partial charge is 0.378 e. The van der Waals surface area contributed by atoms with Gasteiger partial charge in [0.25, 0.3) is 5.91 Å². The highest BCUT2D eigenvalue weighted by atomic mass is 16.5. The molecule has 77 heavy (non-hydrogen) atoms. The predicted molar refractivity (Wildman–Crippen MR) is 295 cm³/mol. The Balaban J connectivity index is 1.04. The first-order valence-electron chi connectivity index (χ1n) is 26.0. The number of benzene rings is 4. The third-order valence-corrected chi connectivity index (χ3v) is 13.4. The lowest BCUT2D eigenvalue weighted by atomic mass is 10.1. The number of carbonyl (C=O) groups is 3. The van der Waals surface area contributed by atoms with Crippen LogP contribution in [0.15, 0.2) is 116 Å². The number of hydrogen-bond acceptors (Lipinski definition) is 16. The van der Waals surface area contributed by atoms with Crippen LogP contribution in [0.5, 0.6) is 0 Å². The van der Waals surface area contributed by atoms with Gasteiger partial charge in [0.15, 0.2) is 11.6 Å². The fourth-order valence-electron chi connectivity index (χ4n) is 8.93. The summed E-state index contributed by atoms with van der Waals surface area (Å²) in [4.78, 5) is 89.8. The minimum atomic E-state index is -0.680. The lowest BCUT2D eigenvalue weighted by Crippen LogP contribution is -2.53. The summed E-state index contributed by atoms with van der Waals surface area (Å²) in [5, 5.41) is 8.62. The first kappa shape index (κ1) is 51.9. The average molecular weight is 1040 g/mol. The van der Waals surface area contributed by atoms with Gasteiger partial charge in [-0.2, -0.15) is 30.0 Å². The van der Waals surface area contributed by atoms with E-state index in [1.165, 1.54) is 16.3 Å². The van der Waals surface area contributed by atoms with E-state index in [0.717, 1.165) is 24.2 Å². The number of morpholine rings is 2. The summed E-state index contributed by atoms with van der Waals surface area (Å²) in [7, 11) is 2.04. The highest BCUT2D eigenvalue weighted by Crippen LogP contribution is 2.32. The van der Waals surface area contributed by atoms with Crippen LogP contribution in [0.4, 0.5) is 44.2 Å². The van der Waals surface area contributed by atoms with E-state index in [0.29, 0.717) is 140 Å². The van der Waals surface area contributed by atoms with Gasteiger partial charge in [0, 0.05) is 110 Å². The van der Waals surface area contributed by atoms with Gasteiger partial charge in [-0.05, 0) is 97.5 Å². The topological polar surface area (TPSA) is 216 Å². The van der Waals surface area contributed by atoms with Gasteiger partial charge in [-0.3, -0.25) is 4.79 Å². The first-order chi connectivity index (χ1) is 37.4. The number of likely N-dealkylation sites (N-methyl/N-ethyl adjacent to an activating group) is 1. The Hall–Kier alpha value is -8.53. The molecular weight excluding hydrogens is 977 g/mol. The van der Waals surface area contributed by atoms with Crippen LogP contribution >= 0.6 is 0 Å². The molecule has 5 amide bonds. The number of piperazine rings is 1. The Labute approximate surface area is 447 Å². The number of aromatic nitrogens is 8. The van der Waals surface area contributed by atoms with Gasteiger partial charge in [-0.1, -0.05) is 39.8 Å². The van der Waals surface area contributed by atoms with Gasteiger partial charge in [-0.25, -0.2) is 29.5 Å². The Morgan fingerprint density at radius 3 is 1.34 bits per heavy atom. The molecule has 0 saturated carbocycles. The molecule has 21 heteroatoms. The summed E-state index contributed by atoms with van der Waals surface area (Å²) in [5.41, 5.74) is 5.02. The van der Waals surface area contributed by atoms with E-state index >= 15 is 9.59 Å². The van der Waals surface area contributed by atoms with Gasteiger partial charge >= 0.3 is 12.1 Å². The second kappa shape index (κ2) is 23.6. The Morgan fingerprint density at radius 2 is 0.909 bits per heavy atom. The van der Waals surface area contributed by atoms with Gasteiger partial charge in [-0.15, -0.1) is 0 Å². The number of hydrogen-bond donors (Lipinski definition) is 2. The summed E-state index contributed by atoms with van der Waals surface area (Å²) in [6, 6.07) is 27.0. The fourth-order valence-corrected chi connectivity index (χ4v) is 8.93. The molecule has 6 heterocycles. The van der Waals surface area contributed by atoms with Crippen LogP contribution in [-0.2, 0) is 9.47 Å². The van der Waals surface area contributed by atoms with E-state index in [2.05, 4.69) is 35.3 Å². The van der Waals surface area contributed by atoms with E-state index in [4.69, 9.17) is 39.4 Å². The maximum atomic E-state index is 15.3. The van der Waals surface area contributed by atoms with Crippen molar-refractivity contribution in [1.29, 1.82) is 0 Å². The number of hydrazine groups is 1. The molecule has 2 N–H and O–H groups in total. The summed E-state index contributed by atoms with van der Waals surface area (Å²) >= 11 is 0. The van der Waals surface area contributed by atoms with Crippen LogP contribution in [-0.4, -0.2) is 153 Å². The zero-order valence-electron chi connectivity index (χ0n) is 43.9. The van der Waals surface area contributed by atoms with Crippen LogP contribution in [0.25, 0.3) is 33.9 Å². The van der Waals surface area contributed by atoms with Crippen LogP contribution < -0.4 is 30.5 Å². The number of rotatable bonds is 12. The SMILES string of the molecule is CC(C)c1nc(-c2ccc(N(C(=O)Nc3ccc(C(=O)N4CCN(C)CC4)cc3)N(C(=O)Nc3ccc(-c4cncnc4)cc3)c3ccc(-c4nc(C(C)C)nc(N5CCOCC5)n4)cc3)cc2)nc(N2CCOCC2)n1. The fraction of sp³-hybridized carbons (Fsp3) is 0.339. The highest BCUT2D eigenvalue weighted by Gasteiger charge is 2.32. The molecular formula is C56H62N16O5. The van der Waals surface area contributed by atoms with Crippen molar-refractivity contribution in [3.8, 4) is 33.9 Å². The number of amides is 5. The molecule has 3 aliphatic rings. The molecule has 0 bridgehead atoms. The van der Waals surface area contributed by atoms with E-state index in [1.807, 2.05) is 76.0 Å². The molecule has 4 aromatic carbocycles. The van der Waals surface area contributed by atoms with Crippen LogP contribution in [0.3, 0.4) is 0 Å². The molecule has 7 aromatic rings. The zero-order valence-corrected chi connectivity index (χ0v) is 43.9. The zero-order chi connectivity index (χ0) is 53.4. The maximum Gasteiger partial charge on any atom is 0.345 e. The van der Waals surface area contributed by atoms with E-state index in [9.17, 15) is 4.79 Å². The van der Waals surface area contributed by atoms with Crippen LogP contribution in [0.2, 0.25) is 0 Å². The molecule has 3 aliphatic heterocycles. The lowest BCUT2D eigenvalue weighted by Gasteiger charge is -2.35. The lowest BCUT2D eigenvalue weighted by molar-refractivity contribution is 0.0664. The quantitative estimate of drug-likeness (QED) is 0.111. The Bertz CT molecular complexity index is 3150. The van der Waals surface area contributed by atoms with Crippen molar-refractivity contribution < 1.29 is 23.9 Å². The molecule has 0 unspecified atom stereocenters. The molecule has 3 fully saturated rings. The molecule has 21 nitrogen and oxygen atoms in total. The van der Waals surface area contributed by atoms with Crippen LogP contribution in [0.1, 0.15) is 61.5 Å². The Kier molecular flexibility index (Phi) is 15.9. The molecule has 0 aliphatic carbocycles. The molecule has 3 aromatic heterocycles. The summed E-state index contributed by atoms with van der Waals surface area (Å²) in [6.45, 7) is 15.8. The second-order valence-electron chi connectivity index (χ2n) is 19.6. The predicted octanol–water partition coefficient (Wildman–Crippen LogP) is 7.85. The maximum absolute atomic E-state index is 15.3. The molecule has 396 valence electrons. The number of carbonyl (C=O) groups excluding carboxylic acids is 3. The van der Waals surface area contributed by atoms with E-state index in [-0.39, 0.29) is 17.7 Å². The summed E-state index contributed by atoms with van der Waals surface area (Å²) in [6.07, 6.45) is 4.89. The third kappa shape index (κ3) is 12.3. The number of nitrogens with one attached hydrogen (secondary N) is 2. The standard InChI is InChI=1S/C56H62N16O5/c1-37(2)48-61-50(65-53(63-48)69-26-30-76-31-27-69)40-10-18-46(19-11-40)71(55(74)59-44-14-6-39(7-15-44)43-34-57-36-58-35-43)72(56(75)60-45-16-8-42(9-17-45)52(73)68-24-22-67(5)23-25-68)47-20-12-41(13-21-47)51-62-49(38(3)4)64-54(66-51)70-28-32-77-33-29-70/h6-21,34-38H,22-33H2,1-5H3,(H,59,74)(H,60,75). The summed E-state index contributed by atoms with van der Waals surface area (Å²) < 4.78 is 11.2. The molecule has 0 radical (unpaired) electrons. The Morgan fingerprint density at radius 1 is 0.494 bits per heavy atom. The smallest absolute Gasteiger partial charge is 0.345 e. The summed E-state index contributed by atoms with van der Waals surface area (Å²) in [5.74, 6) is 3.30. The van der Waals surface area contributed by atoms with Crippen molar-refractivity contribution in [3.63, 3.8) is 0 Å². The third-order valence-electron chi connectivity index (χ3n) is 13.4. The van der Waals surface area contributed by atoms with Gasteiger partial charge in [0.1, 0.15) is 18.0 Å². The van der Waals surface area contributed by atoms with E-state index in [1.54, 1.807) is 73.1 Å². The van der Waals surface area contributed by atoms with Crippen molar-refractivity contribution in [2.24, 2.45) is 0 Å². The monoisotopic (exact) mass is 1040 g/mol. The second-order valence-corrected chi connectivity index (χ2v) is 19.6. The van der Waals surface area contributed by atoms with Gasteiger partial charge in [0.05, 0.1) is 37.8 Å². The van der Waals surface area contributed by atoms with Crippen molar-refractivity contribution in [2.75, 3.05) is 116 Å². The van der Waals surface area contributed by atoms with Crippen molar-refractivity contribution >= 4 is 52.6 Å². The first-order valence-corrected chi connectivity index (χ1v) is 26.0. The number of ether oxygens (including phenoxy) is 2.